The molecule has 0 saturated heterocycles. The fourth-order valence-corrected chi connectivity index (χ4v) is 2.64. The van der Waals surface area contributed by atoms with Crippen molar-refractivity contribution >= 4 is 11.3 Å². The van der Waals surface area contributed by atoms with Gasteiger partial charge in [0.1, 0.15) is 0 Å². The number of hydrogen-bond donors (Lipinski definition) is 1. The molecule has 0 aromatic carbocycles. The minimum absolute atomic E-state index is 0.313. The second kappa shape index (κ2) is 4.20. The van der Waals surface area contributed by atoms with Crippen molar-refractivity contribution in [2.24, 2.45) is 5.92 Å². The van der Waals surface area contributed by atoms with E-state index in [4.69, 9.17) is 0 Å². The molecule has 2 rings (SSSR count). The molecular weight excluding hydrogens is 182 g/mol. The SMILES string of the molecule is OC(c1cscn1)C1CCCCC1. The molecule has 0 spiro atoms. The molecule has 13 heavy (non-hydrogen) atoms. The number of hydrogen-bond acceptors (Lipinski definition) is 3. The average Bonchev–Trinajstić information content (AvgIpc) is 2.71. The van der Waals surface area contributed by atoms with E-state index < -0.39 is 0 Å². The largest absolute Gasteiger partial charge is 0.386 e. The van der Waals surface area contributed by atoms with Crippen LogP contribution in [0.4, 0.5) is 0 Å². The normalized spacial score (nSPS) is 21.6. The molecule has 0 aliphatic heterocycles. The maximum Gasteiger partial charge on any atom is 0.0996 e. The summed E-state index contributed by atoms with van der Waals surface area (Å²) < 4.78 is 0. The quantitative estimate of drug-likeness (QED) is 0.790. The number of aromatic nitrogens is 1. The average molecular weight is 197 g/mol. The van der Waals surface area contributed by atoms with Gasteiger partial charge in [-0.3, -0.25) is 0 Å². The Hall–Kier alpha value is -0.410. The zero-order chi connectivity index (χ0) is 9.10. The van der Waals surface area contributed by atoms with Gasteiger partial charge in [-0.25, -0.2) is 4.98 Å². The van der Waals surface area contributed by atoms with Crippen LogP contribution in [-0.2, 0) is 0 Å². The van der Waals surface area contributed by atoms with Crippen LogP contribution in [0.1, 0.15) is 43.9 Å². The van der Waals surface area contributed by atoms with Crippen LogP contribution in [0.25, 0.3) is 0 Å². The molecule has 0 bridgehead atoms. The molecule has 1 unspecified atom stereocenters. The molecule has 0 radical (unpaired) electrons. The van der Waals surface area contributed by atoms with E-state index in [-0.39, 0.29) is 6.10 Å². The third-order valence-corrected chi connectivity index (χ3v) is 3.46. The number of nitrogens with zero attached hydrogens (tertiary/aromatic N) is 1. The first-order valence-electron chi connectivity index (χ1n) is 4.94. The van der Waals surface area contributed by atoms with Crippen LogP contribution in [0.3, 0.4) is 0 Å². The van der Waals surface area contributed by atoms with Gasteiger partial charge in [-0.15, -0.1) is 11.3 Å². The predicted molar refractivity (Wildman–Crippen MR) is 53.6 cm³/mol. The molecule has 1 fully saturated rings. The van der Waals surface area contributed by atoms with Crippen molar-refractivity contribution in [3.05, 3.63) is 16.6 Å². The van der Waals surface area contributed by atoms with Crippen molar-refractivity contribution in [2.45, 2.75) is 38.2 Å². The van der Waals surface area contributed by atoms with Gasteiger partial charge in [0.05, 0.1) is 17.3 Å². The highest BCUT2D eigenvalue weighted by atomic mass is 32.1. The summed E-state index contributed by atoms with van der Waals surface area (Å²) in [4.78, 5) is 4.16. The van der Waals surface area contributed by atoms with E-state index in [9.17, 15) is 5.11 Å². The maximum atomic E-state index is 9.98. The molecule has 3 heteroatoms. The Morgan fingerprint density at radius 1 is 1.38 bits per heavy atom. The highest BCUT2D eigenvalue weighted by molar-refractivity contribution is 7.07. The van der Waals surface area contributed by atoms with Crippen LogP contribution in [0.15, 0.2) is 10.9 Å². The fourth-order valence-electron chi connectivity index (χ4n) is 2.06. The molecule has 1 N–H and O–H groups in total. The molecule has 0 amide bonds. The monoisotopic (exact) mass is 197 g/mol. The third-order valence-electron chi connectivity index (χ3n) is 2.85. The van der Waals surface area contributed by atoms with E-state index in [1.165, 1.54) is 32.1 Å². The summed E-state index contributed by atoms with van der Waals surface area (Å²) in [6, 6.07) is 0. The van der Waals surface area contributed by atoms with E-state index in [1.807, 2.05) is 5.38 Å². The summed E-state index contributed by atoms with van der Waals surface area (Å²) in [6.45, 7) is 0. The topological polar surface area (TPSA) is 33.1 Å². The Morgan fingerprint density at radius 2 is 2.15 bits per heavy atom. The molecule has 1 aliphatic carbocycles. The minimum atomic E-state index is -0.313. The van der Waals surface area contributed by atoms with Gasteiger partial charge in [0.15, 0.2) is 0 Å². The van der Waals surface area contributed by atoms with Gasteiger partial charge in [-0.2, -0.15) is 0 Å². The first-order chi connectivity index (χ1) is 6.38. The van der Waals surface area contributed by atoms with Crippen LogP contribution in [-0.4, -0.2) is 10.1 Å². The number of aliphatic hydroxyl groups excluding tert-OH is 1. The summed E-state index contributed by atoms with van der Waals surface area (Å²) in [6.07, 6.45) is 5.89. The van der Waals surface area contributed by atoms with Gasteiger partial charge in [0.25, 0.3) is 0 Å². The second-order valence-corrected chi connectivity index (χ2v) is 4.47. The summed E-state index contributed by atoms with van der Waals surface area (Å²) in [5.41, 5.74) is 2.67. The van der Waals surface area contributed by atoms with E-state index in [0.29, 0.717) is 5.92 Å². The van der Waals surface area contributed by atoms with Gasteiger partial charge in [0.2, 0.25) is 0 Å². The van der Waals surface area contributed by atoms with Crippen molar-refractivity contribution in [1.29, 1.82) is 0 Å². The minimum Gasteiger partial charge on any atom is -0.386 e. The van der Waals surface area contributed by atoms with Crippen LogP contribution < -0.4 is 0 Å². The molecule has 1 saturated carbocycles. The van der Waals surface area contributed by atoms with Gasteiger partial charge in [0, 0.05) is 5.38 Å². The van der Waals surface area contributed by atoms with Gasteiger partial charge >= 0.3 is 0 Å². The zero-order valence-electron chi connectivity index (χ0n) is 7.65. The number of thiazole rings is 1. The lowest BCUT2D eigenvalue weighted by Gasteiger charge is -2.25. The van der Waals surface area contributed by atoms with Crippen LogP contribution in [0.2, 0.25) is 0 Å². The Balaban J connectivity index is 1.99. The van der Waals surface area contributed by atoms with Gasteiger partial charge < -0.3 is 5.11 Å². The van der Waals surface area contributed by atoms with Crippen LogP contribution in [0, 0.1) is 5.92 Å². The third kappa shape index (κ3) is 2.09. The lowest BCUT2D eigenvalue weighted by Crippen LogP contribution is -2.16. The van der Waals surface area contributed by atoms with E-state index in [1.54, 1.807) is 16.8 Å². The van der Waals surface area contributed by atoms with Crippen molar-refractivity contribution in [1.82, 2.24) is 4.98 Å². The predicted octanol–water partition coefficient (Wildman–Crippen LogP) is 2.76. The van der Waals surface area contributed by atoms with E-state index in [0.717, 1.165) is 5.69 Å². The molecule has 1 heterocycles. The van der Waals surface area contributed by atoms with Gasteiger partial charge in [-0.1, -0.05) is 19.3 Å². The number of rotatable bonds is 2. The summed E-state index contributed by atoms with van der Waals surface area (Å²) >= 11 is 1.56. The fraction of sp³-hybridized carbons (Fsp3) is 0.700. The summed E-state index contributed by atoms with van der Waals surface area (Å²) in [5, 5.41) is 11.9. The zero-order valence-corrected chi connectivity index (χ0v) is 8.46. The molecule has 1 aliphatic rings. The van der Waals surface area contributed by atoms with Crippen molar-refractivity contribution in [2.75, 3.05) is 0 Å². The second-order valence-electron chi connectivity index (χ2n) is 3.76. The van der Waals surface area contributed by atoms with Crippen molar-refractivity contribution < 1.29 is 5.11 Å². The summed E-state index contributed by atoms with van der Waals surface area (Å²) in [7, 11) is 0. The standard InChI is InChI=1S/C10H15NOS/c12-10(9-6-13-7-11-9)8-4-2-1-3-5-8/h6-8,10,12H,1-5H2. The molecule has 72 valence electrons. The molecule has 1 atom stereocenters. The molecular formula is C10H15NOS. The lowest BCUT2D eigenvalue weighted by molar-refractivity contribution is 0.0817. The molecule has 1 aromatic heterocycles. The Labute approximate surface area is 82.6 Å². The highest BCUT2D eigenvalue weighted by Gasteiger charge is 2.23. The highest BCUT2D eigenvalue weighted by Crippen LogP contribution is 2.33. The molecule has 2 nitrogen and oxygen atoms in total. The first-order valence-corrected chi connectivity index (χ1v) is 5.88. The Bertz CT molecular complexity index is 241. The maximum absolute atomic E-state index is 9.98. The summed E-state index contributed by atoms with van der Waals surface area (Å²) in [5.74, 6) is 0.454. The number of aliphatic hydroxyl groups is 1. The Morgan fingerprint density at radius 3 is 2.77 bits per heavy atom. The lowest BCUT2D eigenvalue weighted by atomic mass is 9.84. The van der Waals surface area contributed by atoms with Crippen LogP contribution >= 0.6 is 11.3 Å². The van der Waals surface area contributed by atoms with Crippen LogP contribution in [0.5, 0.6) is 0 Å². The van der Waals surface area contributed by atoms with Crippen molar-refractivity contribution in [3.63, 3.8) is 0 Å². The van der Waals surface area contributed by atoms with Gasteiger partial charge in [-0.05, 0) is 18.8 Å². The molecule has 1 aromatic rings. The van der Waals surface area contributed by atoms with Crippen molar-refractivity contribution in [3.8, 4) is 0 Å². The Kier molecular flexibility index (Phi) is 2.96. The van der Waals surface area contributed by atoms with E-state index >= 15 is 0 Å². The van der Waals surface area contributed by atoms with E-state index in [2.05, 4.69) is 4.98 Å². The smallest absolute Gasteiger partial charge is 0.0996 e. The first kappa shape index (κ1) is 9.16.